The van der Waals surface area contributed by atoms with Gasteiger partial charge in [-0.05, 0) is 30.9 Å². The van der Waals surface area contributed by atoms with E-state index in [1.165, 1.54) is 0 Å². The SMILES string of the molecule is COCc1cc(OC)cc(C(CC(=O)O)C2CC2)c1OC. The molecule has 21 heavy (non-hydrogen) atoms. The average Bonchev–Trinajstić information content (AvgIpc) is 3.28. The fourth-order valence-corrected chi connectivity index (χ4v) is 2.81. The molecule has 1 atom stereocenters. The molecule has 1 aliphatic rings. The van der Waals surface area contributed by atoms with Crippen LogP contribution in [0.3, 0.4) is 0 Å². The molecule has 1 aromatic carbocycles. The van der Waals surface area contributed by atoms with Crippen molar-refractivity contribution in [2.75, 3.05) is 21.3 Å². The summed E-state index contributed by atoms with van der Waals surface area (Å²) in [7, 11) is 4.83. The van der Waals surface area contributed by atoms with E-state index in [9.17, 15) is 9.90 Å². The number of aliphatic carboxylic acids is 1. The molecule has 0 aromatic heterocycles. The quantitative estimate of drug-likeness (QED) is 0.798. The second kappa shape index (κ2) is 6.80. The van der Waals surface area contributed by atoms with E-state index in [0.29, 0.717) is 18.3 Å². The van der Waals surface area contributed by atoms with E-state index in [-0.39, 0.29) is 12.3 Å². The maximum atomic E-state index is 11.2. The molecule has 1 N–H and O–H groups in total. The van der Waals surface area contributed by atoms with E-state index in [4.69, 9.17) is 14.2 Å². The Kier molecular flexibility index (Phi) is 5.07. The molecule has 0 aliphatic heterocycles. The number of hydrogen-bond acceptors (Lipinski definition) is 4. The molecule has 0 spiro atoms. The highest BCUT2D eigenvalue weighted by Crippen LogP contribution is 2.48. The Morgan fingerprint density at radius 2 is 2.00 bits per heavy atom. The van der Waals surface area contributed by atoms with Crippen LogP contribution in [0, 0.1) is 5.92 Å². The molecule has 5 heteroatoms. The van der Waals surface area contributed by atoms with Gasteiger partial charge in [0.15, 0.2) is 0 Å². The number of carbonyl (C=O) groups is 1. The first-order valence-corrected chi connectivity index (χ1v) is 7.06. The van der Waals surface area contributed by atoms with Gasteiger partial charge in [-0.1, -0.05) is 0 Å². The van der Waals surface area contributed by atoms with Crippen molar-refractivity contribution in [1.29, 1.82) is 0 Å². The van der Waals surface area contributed by atoms with Gasteiger partial charge in [-0.2, -0.15) is 0 Å². The van der Waals surface area contributed by atoms with Crippen molar-refractivity contribution in [3.63, 3.8) is 0 Å². The Morgan fingerprint density at radius 3 is 2.48 bits per heavy atom. The molecule has 1 fully saturated rings. The monoisotopic (exact) mass is 294 g/mol. The molecule has 1 aromatic rings. The van der Waals surface area contributed by atoms with Gasteiger partial charge < -0.3 is 19.3 Å². The Bertz CT molecular complexity index is 508. The second-order valence-corrected chi connectivity index (χ2v) is 5.38. The molecule has 5 nitrogen and oxygen atoms in total. The summed E-state index contributed by atoms with van der Waals surface area (Å²) in [6.45, 7) is 0.401. The summed E-state index contributed by atoms with van der Waals surface area (Å²) in [6.07, 6.45) is 2.25. The van der Waals surface area contributed by atoms with E-state index in [0.717, 1.165) is 29.7 Å². The van der Waals surface area contributed by atoms with Crippen molar-refractivity contribution in [1.82, 2.24) is 0 Å². The minimum absolute atomic E-state index is 0.0387. The summed E-state index contributed by atoms with van der Waals surface area (Å²) in [4.78, 5) is 11.2. The smallest absolute Gasteiger partial charge is 0.303 e. The Hall–Kier alpha value is -1.75. The van der Waals surface area contributed by atoms with Crippen molar-refractivity contribution in [2.24, 2.45) is 5.92 Å². The molecule has 2 rings (SSSR count). The van der Waals surface area contributed by atoms with Crippen LogP contribution in [-0.4, -0.2) is 32.4 Å². The molecule has 1 unspecified atom stereocenters. The third-order valence-corrected chi connectivity index (χ3v) is 3.89. The first kappa shape index (κ1) is 15.6. The van der Waals surface area contributed by atoms with Crippen LogP contribution in [0.5, 0.6) is 11.5 Å². The number of benzene rings is 1. The zero-order chi connectivity index (χ0) is 15.4. The maximum absolute atomic E-state index is 11.2. The summed E-state index contributed by atoms with van der Waals surface area (Å²) in [5, 5.41) is 9.19. The largest absolute Gasteiger partial charge is 0.497 e. The summed E-state index contributed by atoms with van der Waals surface area (Å²) >= 11 is 0. The van der Waals surface area contributed by atoms with Crippen LogP contribution in [0.15, 0.2) is 12.1 Å². The third-order valence-electron chi connectivity index (χ3n) is 3.89. The number of carboxylic acids is 1. The van der Waals surface area contributed by atoms with Gasteiger partial charge in [0.1, 0.15) is 11.5 Å². The van der Waals surface area contributed by atoms with Crippen molar-refractivity contribution in [3.8, 4) is 11.5 Å². The molecule has 0 saturated heterocycles. The van der Waals surface area contributed by atoms with Crippen molar-refractivity contribution in [2.45, 2.75) is 31.8 Å². The number of methoxy groups -OCH3 is 3. The molecular formula is C16H22O5. The molecule has 1 aliphatic carbocycles. The maximum Gasteiger partial charge on any atom is 0.303 e. The molecule has 116 valence electrons. The van der Waals surface area contributed by atoms with Crippen LogP contribution in [0.2, 0.25) is 0 Å². The lowest BCUT2D eigenvalue weighted by atomic mass is 9.88. The third kappa shape index (κ3) is 3.67. The zero-order valence-electron chi connectivity index (χ0n) is 12.7. The predicted molar refractivity (Wildman–Crippen MR) is 78.0 cm³/mol. The van der Waals surface area contributed by atoms with Crippen LogP contribution in [0.25, 0.3) is 0 Å². The van der Waals surface area contributed by atoms with Gasteiger partial charge in [-0.3, -0.25) is 4.79 Å². The summed E-state index contributed by atoms with van der Waals surface area (Å²) in [5.74, 6) is 1.01. The van der Waals surface area contributed by atoms with Gasteiger partial charge in [-0.15, -0.1) is 0 Å². The number of ether oxygens (including phenoxy) is 3. The van der Waals surface area contributed by atoms with Crippen LogP contribution in [-0.2, 0) is 16.1 Å². The van der Waals surface area contributed by atoms with E-state index in [1.807, 2.05) is 12.1 Å². The van der Waals surface area contributed by atoms with E-state index in [2.05, 4.69) is 0 Å². The van der Waals surface area contributed by atoms with Crippen LogP contribution in [0.4, 0.5) is 0 Å². The lowest BCUT2D eigenvalue weighted by Crippen LogP contribution is -2.11. The van der Waals surface area contributed by atoms with Gasteiger partial charge in [0.2, 0.25) is 0 Å². The molecule has 0 radical (unpaired) electrons. The lowest BCUT2D eigenvalue weighted by Gasteiger charge is -2.21. The van der Waals surface area contributed by atoms with E-state index in [1.54, 1.807) is 21.3 Å². The van der Waals surface area contributed by atoms with Crippen LogP contribution >= 0.6 is 0 Å². The Labute approximate surface area is 124 Å². The van der Waals surface area contributed by atoms with Gasteiger partial charge >= 0.3 is 5.97 Å². The molecule has 0 amide bonds. The highest BCUT2D eigenvalue weighted by atomic mass is 16.5. The van der Waals surface area contributed by atoms with E-state index >= 15 is 0 Å². The van der Waals surface area contributed by atoms with Crippen LogP contribution < -0.4 is 9.47 Å². The van der Waals surface area contributed by atoms with Gasteiger partial charge in [0, 0.05) is 24.2 Å². The standard InChI is InChI=1S/C16H22O5/c1-19-9-11-6-12(20-2)7-14(16(11)21-3)13(8-15(17)18)10-4-5-10/h6-7,10,13H,4-5,8-9H2,1-3H3,(H,17,18). The number of carboxylic acid groups (broad SMARTS) is 1. The Morgan fingerprint density at radius 1 is 1.29 bits per heavy atom. The molecule has 0 heterocycles. The number of hydrogen-bond donors (Lipinski definition) is 1. The first-order chi connectivity index (χ1) is 10.1. The van der Waals surface area contributed by atoms with Crippen molar-refractivity contribution < 1.29 is 24.1 Å². The minimum Gasteiger partial charge on any atom is -0.497 e. The highest BCUT2D eigenvalue weighted by Gasteiger charge is 2.36. The lowest BCUT2D eigenvalue weighted by molar-refractivity contribution is -0.137. The van der Waals surface area contributed by atoms with Gasteiger partial charge in [0.25, 0.3) is 0 Å². The fraction of sp³-hybridized carbons (Fsp3) is 0.562. The van der Waals surface area contributed by atoms with Gasteiger partial charge in [-0.25, -0.2) is 0 Å². The predicted octanol–water partition coefficient (Wildman–Crippen LogP) is 2.82. The van der Waals surface area contributed by atoms with E-state index < -0.39 is 5.97 Å². The average molecular weight is 294 g/mol. The topological polar surface area (TPSA) is 65.0 Å². The molecule has 0 bridgehead atoms. The highest BCUT2D eigenvalue weighted by molar-refractivity contribution is 5.69. The summed E-state index contributed by atoms with van der Waals surface area (Å²) in [5.41, 5.74) is 1.79. The van der Waals surface area contributed by atoms with Crippen molar-refractivity contribution >= 4 is 5.97 Å². The molecular weight excluding hydrogens is 272 g/mol. The molecule has 1 saturated carbocycles. The first-order valence-electron chi connectivity index (χ1n) is 7.06. The number of rotatable bonds is 8. The fourth-order valence-electron chi connectivity index (χ4n) is 2.81. The van der Waals surface area contributed by atoms with Crippen molar-refractivity contribution in [3.05, 3.63) is 23.3 Å². The summed E-state index contributed by atoms with van der Waals surface area (Å²) in [6, 6.07) is 3.76. The normalized spacial score (nSPS) is 15.6. The van der Waals surface area contributed by atoms with Crippen LogP contribution in [0.1, 0.15) is 36.3 Å². The second-order valence-electron chi connectivity index (χ2n) is 5.38. The Balaban J connectivity index is 2.47. The summed E-state index contributed by atoms with van der Waals surface area (Å²) < 4.78 is 16.1. The minimum atomic E-state index is -0.787. The van der Waals surface area contributed by atoms with Gasteiger partial charge in [0.05, 0.1) is 27.2 Å². The zero-order valence-corrected chi connectivity index (χ0v) is 12.7.